The lowest BCUT2D eigenvalue weighted by molar-refractivity contribution is -0.132. The first-order valence-electron chi connectivity index (χ1n) is 8.18. The summed E-state index contributed by atoms with van der Waals surface area (Å²) in [5, 5.41) is 18.4. The Morgan fingerprint density at radius 2 is 1.86 bits per heavy atom. The number of carbonyl (C=O) groups excluding carboxylic acids is 1. The van der Waals surface area contributed by atoms with Gasteiger partial charge >= 0.3 is 0 Å². The zero-order valence-corrected chi connectivity index (χ0v) is 13.3. The zero-order chi connectivity index (χ0) is 15.9. The van der Waals surface area contributed by atoms with E-state index in [1.165, 1.54) is 0 Å². The third-order valence-electron chi connectivity index (χ3n) is 4.77. The van der Waals surface area contributed by atoms with Crippen molar-refractivity contribution < 1.29 is 15.0 Å². The molecule has 0 radical (unpaired) electrons. The van der Waals surface area contributed by atoms with E-state index in [0.717, 1.165) is 31.2 Å². The van der Waals surface area contributed by atoms with Crippen molar-refractivity contribution in [1.82, 2.24) is 4.90 Å². The summed E-state index contributed by atoms with van der Waals surface area (Å²) in [6.07, 6.45) is 4.54. The first-order valence-corrected chi connectivity index (χ1v) is 8.18. The van der Waals surface area contributed by atoms with Crippen molar-refractivity contribution in [3.8, 4) is 0 Å². The van der Waals surface area contributed by atoms with Crippen LogP contribution in [0.3, 0.4) is 0 Å². The Balaban J connectivity index is 1.79. The summed E-state index contributed by atoms with van der Waals surface area (Å²) in [7, 11) is 1.90. The molecule has 1 aliphatic rings. The third kappa shape index (κ3) is 4.82. The fourth-order valence-corrected chi connectivity index (χ4v) is 3.33. The highest BCUT2D eigenvalue weighted by atomic mass is 16.3. The van der Waals surface area contributed by atoms with Gasteiger partial charge in [-0.05, 0) is 43.6 Å². The van der Waals surface area contributed by atoms with E-state index < -0.39 is 6.10 Å². The Hall–Kier alpha value is -1.39. The monoisotopic (exact) mass is 305 g/mol. The van der Waals surface area contributed by atoms with Gasteiger partial charge in [-0.3, -0.25) is 4.79 Å². The molecule has 1 atom stereocenters. The van der Waals surface area contributed by atoms with E-state index in [-0.39, 0.29) is 12.5 Å². The van der Waals surface area contributed by atoms with Gasteiger partial charge in [0.05, 0.1) is 19.1 Å². The quantitative estimate of drug-likeness (QED) is 0.845. The number of aliphatic hydroxyl groups is 2. The second kappa shape index (κ2) is 8.30. The molecular formula is C18H27NO3. The molecule has 2 rings (SSSR count). The van der Waals surface area contributed by atoms with E-state index in [0.29, 0.717) is 24.8 Å². The summed E-state index contributed by atoms with van der Waals surface area (Å²) < 4.78 is 0. The molecule has 1 saturated carbocycles. The molecule has 4 heteroatoms. The van der Waals surface area contributed by atoms with Gasteiger partial charge in [0.2, 0.25) is 5.91 Å². The normalized spacial score (nSPS) is 23.0. The van der Waals surface area contributed by atoms with Crippen LogP contribution in [0.25, 0.3) is 0 Å². The van der Waals surface area contributed by atoms with Crippen LogP contribution in [0, 0.1) is 5.92 Å². The Kier molecular flexibility index (Phi) is 6.40. The molecule has 22 heavy (non-hydrogen) atoms. The van der Waals surface area contributed by atoms with Crippen molar-refractivity contribution in [3.05, 3.63) is 35.9 Å². The van der Waals surface area contributed by atoms with Crippen LogP contribution < -0.4 is 0 Å². The standard InChI is InChI=1S/C18H27NO3/c1-19(18(22)12-14-5-3-2-4-6-14)16-9-7-15(8-10-16)11-17(21)13-20/h2-6,15-17,20-21H,7-13H2,1H3/t15-,16+,17?. The number of rotatable bonds is 6. The van der Waals surface area contributed by atoms with Crippen LogP contribution >= 0.6 is 0 Å². The highest BCUT2D eigenvalue weighted by molar-refractivity contribution is 5.78. The zero-order valence-electron chi connectivity index (χ0n) is 13.3. The molecule has 0 bridgehead atoms. The SMILES string of the molecule is CN(C(=O)Cc1ccccc1)[C@H]1CC[C@@H](CC(O)CO)CC1. The molecule has 0 spiro atoms. The van der Waals surface area contributed by atoms with Gasteiger partial charge in [-0.2, -0.15) is 0 Å². The third-order valence-corrected chi connectivity index (χ3v) is 4.77. The summed E-state index contributed by atoms with van der Waals surface area (Å²) in [6.45, 7) is -0.157. The first kappa shape index (κ1) is 17.0. The van der Waals surface area contributed by atoms with Gasteiger partial charge in [0.1, 0.15) is 0 Å². The molecule has 0 aliphatic heterocycles. The van der Waals surface area contributed by atoms with E-state index in [9.17, 15) is 9.90 Å². The van der Waals surface area contributed by atoms with Crippen LogP contribution in [0.4, 0.5) is 0 Å². The van der Waals surface area contributed by atoms with Crippen molar-refractivity contribution in [2.45, 2.75) is 50.7 Å². The highest BCUT2D eigenvalue weighted by Gasteiger charge is 2.27. The van der Waals surface area contributed by atoms with Crippen LogP contribution in [0.2, 0.25) is 0 Å². The molecule has 1 fully saturated rings. The topological polar surface area (TPSA) is 60.8 Å². The van der Waals surface area contributed by atoms with Crippen molar-refractivity contribution in [2.24, 2.45) is 5.92 Å². The number of nitrogens with zero attached hydrogens (tertiary/aromatic N) is 1. The molecule has 0 heterocycles. The molecule has 2 N–H and O–H groups in total. The van der Waals surface area contributed by atoms with Crippen LogP contribution in [0.15, 0.2) is 30.3 Å². The van der Waals surface area contributed by atoms with E-state index in [4.69, 9.17) is 5.11 Å². The van der Waals surface area contributed by atoms with Gasteiger partial charge in [0, 0.05) is 13.1 Å². The summed E-state index contributed by atoms with van der Waals surface area (Å²) >= 11 is 0. The lowest BCUT2D eigenvalue weighted by atomic mass is 9.82. The number of amides is 1. The summed E-state index contributed by atoms with van der Waals surface area (Å²) in [6, 6.07) is 10.1. The lowest BCUT2D eigenvalue weighted by Crippen LogP contribution is -2.40. The largest absolute Gasteiger partial charge is 0.394 e. The van der Waals surface area contributed by atoms with Gasteiger partial charge in [0.15, 0.2) is 0 Å². The van der Waals surface area contributed by atoms with Crippen LogP contribution in [-0.2, 0) is 11.2 Å². The smallest absolute Gasteiger partial charge is 0.226 e. The average molecular weight is 305 g/mol. The van der Waals surface area contributed by atoms with Gasteiger partial charge < -0.3 is 15.1 Å². The number of carbonyl (C=O) groups is 1. The van der Waals surface area contributed by atoms with Gasteiger partial charge in [0.25, 0.3) is 0 Å². The molecule has 0 saturated heterocycles. The number of aliphatic hydroxyl groups excluding tert-OH is 2. The van der Waals surface area contributed by atoms with E-state index >= 15 is 0 Å². The van der Waals surface area contributed by atoms with Gasteiger partial charge in [-0.1, -0.05) is 30.3 Å². The maximum atomic E-state index is 12.4. The molecule has 1 aliphatic carbocycles. The molecule has 1 amide bonds. The second-order valence-electron chi connectivity index (χ2n) is 6.41. The maximum absolute atomic E-state index is 12.4. The number of hydrogen-bond donors (Lipinski definition) is 2. The van der Waals surface area contributed by atoms with E-state index in [1.807, 2.05) is 42.3 Å². The van der Waals surface area contributed by atoms with Crippen molar-refractivity contribution in [1.29, 1.82) is 0 Å². The highest BCUT2D eigenvalue weighted by Crippen LogP contribution is 2.30. The minimum absolute atomic E-state index is 0.157. The maximum Gasteiger partial charge on any atom is 0.226 e. The second-order valence-corrected chi connectivity index (χ2v) is 6.41. The Labute approximate surface area is 132 Å². The van der Waals surface area contributed by atoms with E-state index in [2.05, 4.69) is 0 Å². The number of hydrogen-bond acceptors (Lipinski definition) is 3. The molecule has 4 nitrogen and oxygen atoms in total. The molecule has 0 aromatic heterocycles. The first-order chi connectivity index (χ1) is 10.6. The average Bonchev–Trinajstić information content (AvgIpc) is 2.55. The fraction of sp³-hybridized carbons (Fsp3) is 0.611. The van der Waals surface area contributed by atoms with Crippen molar-refractivity contribution in [2.75, 3.05) is 13.7 Å². The predicted molar refractivity (Wildman–Crippen MR) is 86.4 cm³/mol. The van der Waals surface area contributed by atoms with Gasteiger partial charge in [-0.15, -0.1) is 0 Å². The minimum atomic E-state index is -0.598. The molecule has 1 unspecified atom stereocenters. The van der Waals surface area contributed by atoms with Gasteiger partial charge in [-0.25, -0.2) is 0 Å². The molecule has 122 valence electrons. The van der Waals surface area contributed by atoms with Crippen molar-refractivity contribution >= 4 is 5.91 Å². The molecule has 1 aromatic rings. The number of likely N-dealkylation sites (N-methyl/N-ethyl adjacent to an activating group) is 1. The fourth-order valence-electron chi connectivity index (χ4n) is 3.33. The minimum Gasteiger partial charge on any atom is -0.394 e. The predicted octanol–water partition coefficient (Wildman–Crippen LogP) is 1.99. The lowest BCUT2D eigenvalue weighted by Gasteiger charge is -2.35. The van der Waals surface area contributed by atoms with Crippen LogP contribution in [-0.4, -0.2) is 46.8 Å². The van der Waals surface area contributed by atoms with Crippen molar-refractivity contribution in [3.63, 3.8) is 0 Å². The van der Waals surface area contributed by atoms with E-state index in [1.54, 1.807) is 0 Å². The molecule has 1 aromatic carbocycles. The Morgan fingerprint density at radius 1 is 1.23 bits per heavy atom. The summed E-state index contributed by atoms with van der Waals surface area (Å²) in [5.41, 5.74) is 1.05. The summed E-state index contributed by atoms with van der Waals surface area (Å²) in [4.78, 5) is 14.3. The van der Waals surface area contributed by atoms with Crippen LogP contribution in [0.1, 0.15) is 37.7 Å². The Morgan fingerprint density at radius 3 is 2.45 bits per heavy atom. The Bertz CT molecular complexity index is 455. The number of benzene rings is 1. The van der Waals surface area contributed by atoms with Crippen LogP contribution in [0.5, 0.6) is 0 Å². The summed E-state index contributed by atoms with van der Waals surface area (Å²) in [5.74, 6) is 0.640. The molecular weight excluding hydrogens is 278 g/mol.